The summed E-state index contributed by atoms with van der Waals surface area (Å²) in [7, 11) is -3.55. The number of aliphatic hydroxyl groups excluding tert-OH is 1. The van der Waals surface area contributed by atoms with Crippen molar-refractivity contribution in [1.29, 1.82) is 0 Å². The zero-order chi connectivity index (χ0) is 16.6. The number of hydrogen-bond donors (Lipinski definition) is 1. The molecule has 0 aliphatic heterocycles. The van der Waals surface area contributed by atoms with E-state index in [9.17, 15) is 13.2 Å². The molecule has 1 N–H and O–H groups in total. The average molecular weight is 337 g/mol. The summed E-state index contributed by atoms with van der Waals surface area (Å²) in [5, 5.41) is 9.51. The van der Waals surface area contributed by atoms with E-state index < -0.39 is 9.84 Å². The molecule has 2 aromatic rings. The second-order valence-corrected chi connectivity index (χ2v) is 7.87. The lowest BCUT2D eigenvalue weighted by Gasteiger charge is -2.17. The highest BCUT2D eigenvalue weighted by Gasteiger charge is 2.23. The highest BCUT2D eigenvalue weighted by molar-refractivity contribution is 7.90. The Morgan fingerprint density at radius 3 is 2.65 bits per heavy atom. The minimum atomic E-state index is -3.55. The summed E-state index contributed by atoms with van der Waals surface area (Å²) in [6.45, 7) is -0.117. The third kappa shape index (κ3) is 3.00. The molecule has 0 atom stereocenters. The van der Waals surface area contributed by atoms with E-state index >= 15 is 0 Å². The van der Waals surface area contributed by atoms with Crippen LogP contribution in [-0.4, -0.2) is 40.9 Å². The Morgan fingerprint density at radius 1 is 1.35 bits per heavy atom. The van der Waals surface area contributed by atoms with E-state index in [4.69, 9.17) is 5.11 Å². The van der Waals surface area contributed by atoms with E-state index in [0.29, 0.717) is 16.6 Å². The molecule has 0 aromatic carbocycles. The first kappa shape index (κ1) is 16.1. The zero-order valence-electron chi connectivity index (χ0n) is 12.9. The second kappa shape index (κ2) is 6.01. The maximum atomic E-state index is 12.8. The predicted molar refractivity (Wildman–Crippen MR) is 85.2 cm³/mol. The van der Waals surface area contributed by atoms with Crippen LogP contribution >= 0.6 is 0 Å². The van der Waals surface area contributed by atoms with E-state index in [0.717, 1.165) is 31.9 Å². The Morgan fingerprint density at radius 2 is 2.04 bits per heavy atom. The van der Waals surface area contributed by atoms with Crippen LogP contribution in [0.5, 0.6) is 0 Å². The van der Waals surface area contributed by atoms with Gasteiger partial charge in [0.1, 0.15) is 5.65 Å². The molecule has 0 saturated heterocycles. The molecule has 1 fully saturated rings. The summed E-state index contributed by atoms with van der Waals surface area (Å²) in [5.74, 6) is 0. The van der Waals surface area contributed by atoms with Crippen molar-refractivity contribution >= 4 is 20.9 Å². The van der Waals surface area contributed by atoms with Gasteiger partial charge in [-0.1, -0.05) is 12.8 Å². The number of fused-ring (bicyclic) bond motifs is 1. The molecule has 0 bridgehead atoms. The van der Waals surface area contributed by atoms with Crippen LogP contribution < -0.4 is 5.56 Å². The fourth-order valence-corrected chi connectivity index (χ4v) is 3.64. The molecule has 2 aromatic heterocycles. The van der Waals surface area contributed by atoms with Gasteiger partial charge >= 0.3 is 0 Å². The van der Waals surface area contributed by atoms with Crippen molar-refractivity contribution in [2.75, 3.05) is 12.9 Å². The molecule has 0 unspecified atom stereocenters. The maximum Gasteiger partial charge on any atom is 0.255 e. The van der Waals surface area contributed by atoms with Crippen molar-refractivity contribution in [3.63, 3.8) is 0 Å². The molecule has 1 saturated carbocycles. The number of pyridine rings is 1. The van der Waals surface area contributed by atoms with Gasteiger partial charge in [-0.3, -0.25) is 9.36 Å². The molecule has 0 amide bonds. The SMILES string of the molecule is CS(=O)(=O)c1ncc2cc(CCO)c(=O)n(C3CCCC3)c2n1. The molecule has 124 valence electrons. The van der Waals surface area contributed by atoms with Crippen molar-refractivity contribution in [3.05, 3.63) is 28.2 Å². The summed E-state index contributed by atoms with van der Waals surface area (Å²) in [6, 6.07) is 1.66. The minimum Gasteiger partial charge on any atom is -0.396 e. The standard InChI is InChI=1S/C15H19N3O4S/c1-23(21,22)15-16-9-11-8-10(6-7-19)14(20)18(13(11)17-15)12-4-2-3-5-12/h8-9,12,19H,2-7H2,1H3. The van der Waals surface area contributed by atoms with Gasteiger partial charge in [0.05, 0.1) is 0 Å². The normalized spacial score (nSPS) is 16.3. The quantitative estimate of drug-likeness (QED) is 0.830. The van der Waals surface area contributed by atoms with Crippen LogP contribution in [0.25, 0.3) is 11.0 Å². The van der Waals surface area contributed by atoms with Gasteiger partial charge in [-0.05, 0) is 18.9 Å². The van der Waals surface area contributed by atoms with Gasteiger partial charge in [-0.2, -0.15) is 4.98 Å². The van der Waals surface area contributed by atoms with Crippen LogP contribution in [0.3, 0.4) is 0 Å². The minimum absolute atomic E-state index is 0.0194. The van der Waals surface area contributed by atoms with Crippen molar-refractivity contribution in [3.8, 4) is 0 Å². The van der Waals surface area contributed by atoms with Gasteiger partial charge in [0.2, 0.25) is 15.0 Å². The Labute approximate surface area is 133 Å². The molecule has 23 heavy (non-hydrogen) atoms. The summed E-state index contributed by atoms with van der Waals surface area (Å²) in [6.07, 6.45) is 6.55. The first-order valence-corrected chi connectivity index (χ1v) is 9.53. The smallest absolute Gasteiger partial charge is 0.255 e. The van der Waals surface area contributed by atoms with E-state index in [1.165, 1.54) is 6.20 Å². The molecule has 2 heterocycles. The van der Waals surface area contributed by atoms with Gasteiger partial charge in [0.15, 0.2) is 0 Å². The molecular weight excluding hydrogens is 318 g/mol. The first-order valence-electron chi connectivity index (χ1n) is 7.64. The lowest BCUT2D eigenvalue weighted by Crippen LogP contribution is -2.28. The number of aliphatic hydroxyl groups is 1. The number of hydrogen-bond acceptors (Lipinski definition) is 6. The molecular formula is C15H19N3O4S. The zero-order valence-corrected chi connectivity index (χ0v) is 13.7. The highest BCUT2D eigenvalue weighted by Crippen LogP contribution is 2.30. The van der Waals surface area contributed by atoms with Crippen molar-refractivity contribution in [1.82, 2.24) is 14.5 Å². The molecule has 3 rings (SSSR count). The van der Waals surface area contributed by atoms with Crippen LogP contribution in [0, 0.1) is 0 Å². The van der Waals surface area contributed by atoms with Gasteiger partial charge < -0.3 is 5.11 Å². The van der Waals surface area contributed by atoms with E-state index in [-0.39, 0.29) is 29.8 Å². The highest BCUT2D eigenvalue weighted by atomic mass is 32.2. The topological polar surface area (TPSA) is 102 Å². The van der Waals surface area contributed by atoms with Gasteiger partial charge in [0, 0.05) is 42.5 Å². The number of nitrogens with zero attached hydrogens (tertiary/aromatic N) is 3. The Kier molecular flexibility index (Phi) is 4.20. The fourth-order valence-electron chi connectivity index (χ4n) is 3.14. The van der Waals surface area contributed by atoms with Crippen molar-refractivity contribution < 1.29 is 13.5 Å². The van der Waals surface area contributed by atoms with Gasteiger partial charge in [0.25, 0.3) is 5.56 Å². The van der Waals surface area contributed by atoms with Crippen LogP contribution in [0.1, 0.15) is 37.3 Å². The molecule has 1 aliphatic rings. The monoisotopic (exact) mass is 337 g/mol. The van der Waals surface area contributed by atoms with Gasteiger partial charge in [-0.25, -0.2) is 13.4 Å². The lowest BCUT2D eigenvalue weighted by molar-refractivity contribution is 0.298. The van der Waals surface area contributed by atoms with Crippen LogP contribution in [-0.2, 0) is 16.3 Å². The molecule has 8 heteroatoms. The first-order chi connectivity index (χ1) is 10.9. The van der Waals surface area contributed by atoms with E-state index in [2.05, 4.69) is 9.97 Å². The fraction of sp³-hybridized carbons (Fsp3) is 0.533. The number of aromatic nitrogens is 3. The number of sulfone groups is 1. The van der Waals surface area contributed by atoms with Crippen LogP contribution in [0.2, 0.25) is 0 Å². The van der Waals surface area contributed by atoms with E-state index in [1.807, 2.05) is 0 Å². The maximum absolute atomic E-state index is 12.8. The molecule has 0 radical (unpaired) electrons. The van der Waals surface area contributed by atoms with Crippen LogP contribution in [0.4, 0.5) is 0 Å². The Balaban J connectivity index is 2.32. The summed E-state index contributed by atoms with van der Waals surface area (Å²) >= 11 is 0. The largest absolute Gasteiger partial charge is 0.396 e. The second-order valence-electron chi connectivity index (χ2n) is 5.96. The van der Waals surface area contributed by atoms with E-state index in [1.54, 1.807) is 10.6 Å². The van der Waals surface area contributed by atoms with Crippen molar-refractivity contribution in [2.24, 2.45) is 0 Å². The van der Waals surface area contributed by atoms with Gasteiger partial charge in [-0.15, -0.1) is 0 Å². The predicted octanol–water partition coefficient (Wildman–Crippen LogP) is 0.845. The lowest BCUT2D eigenvalue weighted by atomic mass is 10.1. The third-order valence-corrected chi connectivity index (χ3v) is 5.09. The third-order valence-electron chi connectivity index (χ3n) is 4.23. The Bertz CT molecular complexity index is 899. The summed E-state index contributed by atoms with van der Waals surface area (Å²) in [4.78, 5) is 20.8. The van der Waals surface area contributed by atoms with Crippen molar-refractivity contribution in [2.45, 2.75) is 43.3 Å². The van der Waals surface area contributed by atoms with Crippen LogP contribution in [0.15, 0.2) is 22.2 Å². The molecule has 0 spiro atoms. The molecule has 1 aliphatic carbocycles. The summed E-state index contributed by atoms with van der Waals surface area (Å²) < 4.78 is 25.0. The average Bonchev–Trinajstić information content (AvgIpc) is 3.01. The molecule has 7 nitrogen and oxygen atoms in total. The Hall–Kier alpha value is -1.80. The summed E-state index contributed by atoms with van der Waals surface area (Å²) in [5.41, 5.74) is 0.665. The number of rotatable bonds is 4.